The fraction of sp³-hybridized carbons (Fsp3) is 0.318. The van der Waals surface area contributed by atoms with Crippen LogP contribution < -0.4 is 5.32 Å². The van der Waals surface area contributed by atoms with Crippen LogP contribution in [0.1, 0.15) is 40.1 Å². The number of carbonyl (C=O) groups excluding carboxylic acids is 1. The second-order valence-corrected chi connectivity index (χ2v) is 7.59. The normalized spacial score (nSPS) is 11.2. The van der Waals surface area contributed by atoms with E-state index in [0.29, 0.717) is 30.9 Å². The highest BCUT2D eigenvalue weighted by atomic mass is 16.1. The lowest BCUT2D eigenvalue weighted by Gasteiger charge is -2.09. The maximum absolute atomic E-state index is 12.4. The van der Waals surface area contributed by atoms with Gasteiger partial charge < -0.3 is 5.32 Å². The third-order valence-electron chi connectivity index (χ3n) is 5.39. The predicted octanol–water partition coefficient (Wildman–Crippen LogP) is 2.79. The minimum Gasteiger partial charge on any atom is -0.352 e. The van der Waals surface area contributed by atoms with Crippen LogP contribution in [0, 0.1) is 27.7 Å². The zero-order valence-electron chi connectivity index (χ0n) is 17.7. The fourth-order valence-corrected chi connectivity index (χ4v) is 3.60. The molecule has 0 aliphatic carbocycles. The van der Waals surface area contributed by atoms with E-state index in [1.54, 1.807) is 15.5 Å². The van der Waals surface area contributed by atoms with Gasteiger partial charge in [-0.25, -0.2) is 4.68 Å². The largest absolute Gasteiger partial charge is 0.352 e. The van der Waals surface area contributed by atoms with Gasteiger partial charge in [-0.3, -0.25) is 4.79 Å². The molecule has 0 radical (unpaired) electrons. The van der Waals surface area contributed by atoms with Gasteiger partial charge in [0.25, 0.3) is 0 Å². The predicted molar refractivity (Wildman–Crippen MR) is 113 cm³/mol. The number of hydrogen-bond donors (Lipinski definition) is 1. The Bertz CT molecular complexity index is 1220. The summed E-state index contributed by atoms with van der Waals surface area (Å²) in [6.07, 6.45) is 2.60. The van der Waals surface area contributed by atoms with E-state index >= 15 is 0 Å². The standard InChI is InChI=1S/C22H25N7O/c1-14-5-6-15(2)18(11-14)12-23-22(30)10-7-19-16(3)26-29(17(19)4)21-9-8-20-25-24-13-28(20)27-21/h5-6,8-9,11,13H,7,10,12H2,1-4H3,(H,23,30). The highest BCUT2D eigenvalue weighted by Gasteiger charge is 2.15. The Morgan fingerprint density at radius 3 is 2.73 bits per heavy atom. The molecular formula is C22H25N7O. The molecule has 0 fully saturated rings. The summed E-state index contributed by atoms with van der Waals surface area (Å²) in [7, 11) is 0. The van der Waals surface area contributed by atoms with Crippen molar-refractivity contribution >= 4 is 11.6 Å². The van der Waals surface area contributed by atoms with E-state index in [1.165, 1.54) is 11.1 Å². The smallest absolute Gasteiger partial charge is 0.220 e. The molecule has 0 atom stereocenters. The highest BCUT2D eigenvalue weighted by molar-refractivity contribution is 5.76. The molecule has 30 heavy (non-hydrogen) atoms. The lowest BCUT2D eigenvalue weighted by Crippen LogP contribution is -2.23. The van der Waals surface area contributed by atoms with Gasteiger partial charge in [0.15, 0.2) is 11.5 Å². The molecule has 8 nitrogen and oxygen atoms in total. The van der Waals surface area contributed by atoms with Crippen molar-refractivity contribution < 1.29 is 4.79 Å². The van der Waals surface area contributed by atoms with Crippen LogP contribution in [0.25, 0.3) is 11.5 Å². The number of benzene rings is 1. The van der Waals surface area contributed by atoms with Gasteiger partial charge in [-0.15, -0.1) is 15.3 Å². The zero-order chi connectivity index (χ0) is 21.3. The molecule has 3 aromatic heterocycles. The van der Waals surface area contributed by atoms with Crippen molar-refractivity contribution in [2.75, 3.05) is 0 Å². The molecule has 4 aromatic rings. The molecular weight excluding hydrogens is 378 g/mol. The number of carbonyl (C=O) groups is 1. The van der Waals surface area contributed by atoms with E-state index in [1.807, 2.05) is 26.0 Å². The number of amides is 1. The van der Waals surface area contributed by atoms with Crippen LogP contribution in [0.2, 0.25) is 0 Å². The number of aromatic nitrogens is 6. The van der Waals surface area contributed by atoms with Gasteiger partial charge in [0.05, 0.1) is 5.69 Å². The summed E-state index contributed by atoms with van der Waals surface area (Å²) in [6, 6.07) is 10.0. The molecule has 154 valence electrons. The Balaban J connectivity index is 1.43. The summed E-state index contributed by atoms with van der Waals surface area (Å²) in [5.74, 6) is 0.722. The van der Waals surface area contributed by atoms with Crippen LogP contribution in [0.15, 0.2) is 36.7 Å². The first-order valence-electron chi connectivity index (χ1n) is 9.98. The topological polar surface area (TPSA) is 90.0 Å². The molecule has 0 bridgehead atoms. The molecule has 1 amide bonds. The molecule has 3 heterocycles. The number of aryl methyl sites for hydroxylation is 3. The number of hydrogen-bond acceptors (Lipinski definition) is 5. The van der Waals surface area contributed by atoms with E-state index < -0.39 is 0 Å². The van der Waals surface area contributed by atoms with Crippen molar-refractivity contribution in [3.63, 3.8) is 0 Å². The number of fused-ring (bicyclic) bond motifs is 1. The SMILES string of the molecule is Cc1ccc(C)c(CNC(=O)CCc2c(C)nn(-c3ccc4nncn4n3)c2C)c1. The van der Waals surface area contributed by atoms with Crippen LogP contribution in [0.3, 0.4) is 0 Å². The summed E-state index contributed by atoms with van der Waals surface area (Å²) in [6.45, 7) is 8.63. The third-order valence-corrected chi connectivity index (χ3v) is 5.39. The van der Waals surface area contributed by atoms with Crippen molar-refractivity contribution in [2.24, 2.45) is 0 Å². The molecule has 8 heteroatoms. The van der Waals surface area contributed by atoms with E-state index in [2.05, 4.69) is 57.8 Å². The summed E-state index contributed by atoms with van der Waals surface area (Å²) < 4.78 is 3.42. The molecule has 0 saturated carbocycles. The lowest BCUT2D eigenvalue weighted by atomic mass is 10.1. The Hall–Kier alpha value is -3.55. The van der Waals surface area contributed by atoms with Crippen LogP contribution in [-0.4, -0.2) is 35.5 Å². The molecule has 4 rings (SSSR count). The average Bonchev–Trinajstić information content (AvgIpc) is 3.30. The van der Waals surface area contributed by atoms with Gasteiger partial charge in [0.1, 0.15) is 6.33 Å². The Labute approximate surface area is 174 Å². The Morgan fingerprint density at radius 2 is 1.90 bits per heavy atom. The highest BCUT2D eigenvalue weighted by Crippen LogP contribution is 2.19. The molecule has 0 spiro atoms. The van der Waals surface area contributed by atoms with Gasteiger partial charge in [0, 0.05) is 18.7 Å². The maximum Gasteiger partial charge on any atom is 0.220 e. The zero-order valence-corrected chi connectivity index (χ0v) is 17.7. The number of nitrogens with zero attached hydrogens (tertiary/aromatic N) is 6. The summed E-state index contributed by atoms with van der Waals surface area (Å²) >= 11 is 0. The second-order valence-electron chi connectivity index (χ2n) is 7.59. The van der Waals surface area contributed by atoms with Crippen LogP contribution in [0.5, 0.6) is 0 Å². The monoisotopic (exact) mass is 403 g/mol. The van der Waals surface area contributed by atoms with E-state index in [4.69, 9.17) is 0 Å². The Morgan fingerprint density at radius 1 is 1.07 bits per heavy atom. The summed E-state index contributed by atoms with van der Waals surface area (Å²) in [5, 5.41) is 20.0. The molecule has 1 aromatic carbocycles. The average molecular weight is 403 g/mol. The van der Waals surface area contributed by atoms with Crippen molar-refractivity contribution in [3.05, 3.63) is 70.3 Å². The van der Waals surface area contributed by atoms with Crippen molar-refractivity contribution in [1.82, 2.24) is 34.9 Å². The molecule has 0 aliphatic heterocycles. The van der Waals surface area contributed by atoms with Crippen LogP contribution >= 0.6 is 0 Å². The fourth-order valence-electron chi connectivity index (χ4n) is 3.60. The number of nitrogens with one attached hydrogen (secondary N) is 1. The molecule has 0 unspecified atom stereocenters. The third kappa shape index (κ3) is 3.94. The Kier molecular flexibility index (Phi) is 5.31. The first-order valence-corrected chi connectivity index (χ1v) is 9.98. The van der Waals surface area contributed by atoms with Gasteiger partial charge in [-0.2, -0.15) is 9.61 Å². The number of rotatable bonds is 6. The first kappa shape index (κ1) is 19.8. The quantitative estimate of drug-likeness (QED) is 0.535. The summed E-state index contributed by atoms with van der Waals surface area (Å²) in [5.41, 5.74) is 7.17. The van der Waals surface area contributed by atoms with Gasteiger partial charge in [-0.05, 0) is 62.9 Å². The van der Waals surface area contributed by atoms with Crippen molar-refractivity contribution in [2.45, 2.75) is 47.1 Å². The van der Waals surface area contributed by atoms with E-state index in [0.717, 1.165) is 22.5 Å². The summed E-state index contributed by atoms with van der Waals surface area (Å²) in [4.78, 5) is 12.4. The lowest BCUT2D eigenvalue weighted by molar-refractivity contribution is -0.121. The van der Waals surface area contributed by atoms with E-state index in [-0.39, 0.29) is 5.91 Å². The molecule has 0 saturated heterocycles. The first-order chi connectivity index (χ1) is 14.4. The van der Waals surface area contributed by atoms with E-state index in [9.17, 15) is 4.79 Å². The van der Waals surface area contributed by atoms with Crippen LogP contribution in [-0.2, 0) is 17.8 Å². The minimum absolute atomic E-state index is 0.0338. The molecule has 0 aliphatic rings. The van der Waals surface area contributed by atoms with Crippen molar-refractivity contribution in [1.29, 1.82) is 0 Å². The van der Waals surface area contributed by atoms with Crippen molar-refractivity contribution in [3.8, 4) is 5.82 Å². The van der Waals surface area contributed by atoms with Crippen LogP contribution in [0.4, 0.5) is 0 Å². The maximum atomic E-state index is 12.4. The minimum atomic E-state index is 0.0338. The van der Waals surface area contributed by atoms with Gasteiger partial charge >= 0.3 is 0 Å². The second kappa shape index (κ2) is 8.06. The van der Waals surface area contributed by atoms with Gasteiger partial charge in [0.2, 0.25) is 5.91 Å². The molecule has 1 N–H and O–H groups in total. The van der Waals surface area contributed by atoms with Gasteiger partial charge in [-0.1, -0.05) is 23.8 Å².